The highest BCUT2D eigenvalue weighted by atomic mass is 16.5. The SMILES string of the molecule is NCC1(O)CCC(CCOCc2ccccc2)CC1. The van der Waals surface area contributed by atoms with E-state index in [4.69, 9.17) is 10.5 Å². The summed E-state index contributed by atoms with van der Waals surface area (Å²) in [6.45, 7) is 1.89. The summed E-state index contributed by atoms with van der Waals surface area (Å²) in [6, 6.07) is 10.3. The van der Waals surface area contributed by atoms with Gasteiger partial charge in [-0.05, 0) is 43.6 Å². The number of benzene rings is 1. The predicted octanol–water partition coefficient (Wildman–Crippen LogP) is 2.47. The van der Waals surface area contributed by atoms with Crippen LogP contribution in [0.25, 0.3) is 0 Å². The first-order chi connectivity index (χ1) is 9.22. The van der Waals surface area contributed by atoms with Crippen LogP contribution in [0.1, 0.15) is 37.7 Å². The summed E-state index contributed by atoms with van der Waals surface area (Å²) in [5, 5.41) is 10.1. The van der Waals surface area contributed by atoms with Gasteiger partial charge in [-0.25, -0.2) is 0 Å². The van der Waals surface area contributed by atoms with Crippen molar-refractivity contribution in [3.8, 4) is 0 Å². The quantitative estimate of drug-likeness (QED) is 0.775. The minimum absolute atomic E-state index is 0.393. The van der Waals surface area contributed by atoms with Crippen LogP contribution in [0.2, 0.25) is 0 Å². The van der Waals surface area contributed by atoms with Gasteiger partial charge in [0.1, 0.15) is 0 Å². The van der Waals surface area contributed by atoms with Crippen LogP contribution >= 0.6 is 0 Å². The zero-order chi connectivity index (χ0) is 13.6. The lowest BCUT2D eigenvalue weighted by molar-refractivity contribution is -0.00682. The molecule has 0 aliphatic heterocycles. The fraction of sp³-hybridized carbons (Fsp3) is 0.625. The van der Waals surface area contributed by atoms with Crippen LogP contribution < -0.4 is 5.73 Å². The summed E-state index contributed by atoms with van der Waals surface area (Å²) in [6.07, 6.45) is 4.91. The minimum Gasteiger partial charge on any atom is -0.389 e. The van der Waals surface area contributed by atoms with Crippen molar-refractivity contribution < 1.29 is 9.84 Å². The first kappa shape index (κ1) is 14.5. The highest BCUT2D eigenvalue weighted by Crippen LogP contribution is 2.33. The lowest BCUT2D eigenvalue weighted by atomic mass is 9.78. The van der Waals surface area contributed by atoms with Gasteiger partial charge in [-0.3, -0.25) is 0 Å². The number of rotatable bonds is 6. The van der Waals surface area contributed by atoms with E-state index < -0.39 is 5.60 Å². The van der Waals surface area contributed by atoms with Crippen LogP contribution in [-0.4, -0.2) is 23.9 Å². The van der Waals surface area contributed by atoms with Crippen LogP contribution in [-0.2, 0) is 11.3 Å². The summed E-state index contributed by atoms with van der Waals surface area (Å²) in [5.41, 5.74) is 6.22. The minimum atomic E-state index is -0.596. The van der Waals surface area contributed by atoms with Crippen LogP contribution in [0.5, 0.6) is 0 Å². The zero-order valence-corrected chi connectivity index (χ0v) is 11.6. The standard InChI is InChI=1S/C16H25NO2/c17-13-16(18)9-6-14(7-10-16)8-11-19-12-15-4-2-1-3-5-15/h1-5,14,18H,6-13,17H2. The first-order valence-electron chi connectivity index (χ1n) is 7.26. The van der Waals surface area contributed by atoms with E-state index >= 15 is 0 Å². The maximum absolute atomic E-state index is 10.1. The number of nitrogens with two attached hydrogens (primary N) is 1. The van der Waals surface area contributed by atoms with Crippen molar-refractivity contribution in [2.75, 3.05) is 13.2 Å². The normalized spacial score (nSPS) is 27.4. The topological polar surface area (TPSA) is 55.5 Å². The van der Waals surface area contributed by atoms with Gasteiger partial charge in [-0.1, -0.05) is 30.3 Å². The average molecular weight is 263 g/mol. The van der Waals surface area contributed by atoms with Crippen LogP contribution in [0.3, 0.4) is 0 Å². The van der Waals surface area contributed by atoms with Crippen LogP contribution in [0, 0.1) is 5.92 Å². The molecule has 1 aromatic carbocycles. The molecule has 2 rings (SSSR count). The second-order valence-corrected chi connectivity index (χ2v) is 5.70. The molecular formula is C16H25NO2. The Bertz CT molecular complexity index is 358. The molecule has 3 nitrogen and oxygen atoms in total. The average Bonchev–Trinajstić information content (AvgIpc) is 2.47. The number of aliphatic hydroxyl groups is 1. The lowest BCUT2D eigenvalue weighted by Crippen LogP contribution is -2.41. The van der Waals surface area contributed by atoms with Crippen LogP contribution in [0.4, 0.5) is 0 Å². The molecule has 0 radical (unpaired) electrons. The van der Waals surface area contributed by atoms with Gasteiger partial charge in [0.2, 0.25) is 0 Å². The van der Waals surface area contributed by atoms with E-state index in [2.05, 4.69) is 12.1 Å². The number of hydrogen-bond donors (Lipinski definition) is 2. The first-order valence-corrected chi connectivity index (χ1v) is 7.26. The summed E-state index contributed by atoms with van der Waals surface area (Å²) in [4.78, 5) is 0. The monoisotopic (exact) mass is 263 g/mol. The second kappa shape index (κ2) is 7.04. The third kappa shape index (κ3) is 4.60. The van der Waals surface area contributed by atoms with Crippen LogP contribution in [0.15, 0.2) is 30.3 Å². The van der Waals surface area contributed by atoms with Crippen molar-refractivity contribution in [3.63, 3.8) is 0 Å². The van der Waals surface area contributed by atoms with E-state index in [9.17, 15) is 5.11 Å². The van der Waals surface area contributed by atoms with E-state index in [1.807, 2.05) is 18.2 Å². The summed E-state index contributed by atoms with van der Waals surface area (Å²) < 4.78 is 5.71. The molecule has 3 heteroatoms. The summed E-state index contributed by atoms with van der Waals surface area (Å²) in [5.74, 6) is 0.683. The number of hydrogen-bond acceptors (Lipinski definition) is 3. The Morgan fingerprint density at radius 2 is 1.89 bits per heavy atom. The summed E-state index contributed by atoms with van der Waals surface area (Å²) >= 11 is 0. The molecule has 0 aromatic heterocycles. The second-order valence-electron chi connectivity index (χ2n) is 5.70. The molecule has 1 aromatic rings. The molecule has 1 aliphatic rings. The Morgan fingerprint density at radius 3 is 2.53 bits per heavy atom. The molecule has 0 spiro atoms. The molecule has 1 fully saturated rings. The van der Waals surface area contributed by atoms with Crippen molar-refractivity contribution in [1.29, 1.82) is 0 Å². The van der Waals surface area contributed by atoms with Gasteiger partial charge < -0.3 is 15.6 Å². The van der Waals surface area contributed by atoms with E-state index in [1.54, 1.807) is 0 Å². The molecular weight excluding hydrogens is 238 g/mol. The van der Waals surface area contributed by atoms with Gasteiger partial charge in [0, 0.05) is 13.2 Å². The number of ether oxygens (including phenoxy) is 1. The molecule has 0 bridgehead atoms. The zero-order valence-electron chi connectivity index (χ0n) is 11.6. The molecule has 1 aliphatic carbocycles. The van der Waals surface area contributed by atoms with E-state index in [1.165, 1.54) is 5.56 Å². The largest absolute Gasteiger partial charge is 0.389 e. The lowest BCUT2D eigenvalue weighted by Gasteiger charge is -2.35. The third-order valence-electron chi connectivity index (χ3n) is 4.20. The fourth-order valence-electron chi connectivity index (χ4n) is 2.72. The third-order valence-corrected chi connectivity index (χ3v) is 4.20. The van der Waals surface area contributed by atoms with Crippen molar-refractivity contribution in [2.45, 2.75) is 44.3 Å². The molecule has 0 unspecified atom stereocenters. The van der Waals surface area contributed by atoms with Crippen molar-refractivity contribution in [3.05, 3.63) is 35.9 Å². The van der Waals surface area contributed by atoms with Gasteiger partial charge in [0.15, 0.2) is 0 Å². The summed E-state index contributed by atoms with van der Waals surface area (Å²) in [7, 11) is 0. The van der Waals surface area contributed by atoms with E-state index in [0.717, 1.165) is 38.7 Å². The highest BCUT2D eigenvalue weighted by molar-refractivity contribution is 5.13. The smallest absolute Gasteiger partial charge is 0.0769 e. The maximum Gasteiger partial charge on any atom is 0.0769 e. The molecule has 106 valence electrons. The Kier molecular flexibility index (Phi) is 5.37. The molecule has 0 heterocycles. The van der Waals surface area contributed by atoms with E-state index in [0.29, 0.717) is 19.1 Å². The fourth-order valence-corrected chi connectivity index (χ4v) is 2.72. The van der Waals surface area contributed by atoms with Gasteiger partial charge in [-0.15, -0.1) is 0 Å². The highest BCUT2D eigenvalue weighted by Gasteiger charge is 2.31. The molecule has 0 amide bonds. The van der Waals surface area contributed by atoms with Crippen molar-refractivity contribution >= 4 is 0 Å². The van der Waals surface area contributed by atoms with E-state index in [-0.39, 0.29) is 0 Å². The Labute approximate surface area is 115 Å². The van der Waals surface area contributed by atoms with Crippen molar-refractivity contribution in [1.82, 2.24) is 0 Å². The van der Waals surface area contributed by atoms with Gasteiger partial charge in [0.05, 0.1) is 12.2 Å². The van der Waals surface area contributed by atoms with Gasteiger partial charge >= 0.3 is 0 Å². The molecule has 3 N–H and O–H groups in total. The Balaban J connectivity index is 1.60. The molecule has 1 saturated carbocycles. The van der Waals surface area contributed by atoms with Gasteiger partial charge in [0.25, 0.3) is 0 Å². The Hall–Kier alpha value is -0.900. The molecule has 19 heavy (non-hydrogen) atoms. The Morgan fingerprint density at radius 1 is 1.21 bits per heavy atom. The maximum atomic E-state index is 10.1. The predicted molar refractivity (Wildman–Crippen MR) is 76.7 cm³/mol. The van der Waals surface area contributed by atoms with Crippen molar-refractivity contribution in [2.24, 2.45) is 11.7 Å². The van der Waals surface area contributed by atoms with Gasteiger partial charge in [-0.2, -0.15) is 0 Å². The molecule has 0 saturated heterocycles. The molecule has 0 atom stereocenters.